The van der Waals surface area contributed by atoms with E-state index in [9.17, 15) is 4.79 Å². The fraction of sp³-hybridized carbons (Fsp3) is 0.188. The first-order chi connectivity index (χ1) is 9.78. The summed E-state index contributed by atoms with van der Waals surface area (Å²) in [5, 5.41) is 5.92. The van der Waals surface area contributed by atoms with E-state index in [1.165, 1.54) is 0 Å². The molecule has 104 valence electrons. The zero-order chi connectivity index (χ0) is 14.2. The van der Waals surface area contributed by atoms with Gasteiger partial charge in [-0.05, 0) is 42.8 Å². The molecule has 0 spiro atoms. The van der Waals surface area contributed by atoms with Crippen LogP contribution in [-0.2, 0) is 0 Å². The maximum atomic E-state index is 11.4. The first-order valence-corrected chi connectivity index (χ1v) is 6.66. The van der Waals surface area contributed by atoms with Gasteiger partial charge < -0.3 is 15.4 Å². The van der Waals surface area contributed by atoms with Crippen LogP contribution in [0.3, 0.4) is 0 Å². The van der Waals surface area contributed by atoms with Crippen LogP contribution in [0.1, 0.15) is 13.3 Å². The van der Waals surface area contributed by atoms with E-state index in [2.05, 4.69) is 10.6 Å². The molecular weight excluding hydrogens is 252 g/mol. The number of para-hydroxylation sites is 1. The first-order valence-electron chi connectivity index (χ1n) is 6.66. The van der Waals surface area contributed by atoms with Gasteiger partial charge in [0.15, 0.2) is 0 Å². The van der Waals surface area contributed by atoms with Crippen LogP contribution < -0.4 is 15.4 Å². The van der Waals surface area contributed by atoms with Crippen LogP contribution in [0.25, 0.3) is 0 Å². The van der Waals surface area contributed by atoms with Gasteiger partial charge >= 0.3 is 6.09 Å². The molecule has 2 aromatic carbocycles. The summed E-state index contributed by atoms with van der Waals surface area (Å²) in [7, 11) is 0. The molecular formula is C16H18N2O2. The number of hydrogen-bond acceptors (Lipinski definition) is 3. The number of benzene rings is 2. The van der Waals surface area contributed by atoms with Crippen LogP contribution in [0.5, 0.6) is 5.75 Å². The average Bonchev–Trinajstić information content (AvgIpc) is 2.48. The normalized spacial score (nSPS) is 9.85. The fourth-order valence-corrected chi connectivity index (χ4v) is 1.66. The summed E-state index contributed by atoms with van der Waals surface area (Å²) in [5.41, 5.74) is 1.96. The molecule has 0 aliphatic heterocycles. The Labute approximate surface area is 118 Å². The smallest absolute Gasteiger partial charge is 0.410 e. The number of nitrogens with one attached hydrogen (secondary N) is 2. The molecule has 2 rings (SSSR count). The van der Waals surface area contributed by atoms with E-state index in [1.54, 1.807) is 12.1 Å². The van der Waals surface area contributed by atoms with Crippen LogP contribution in [0.4, 0.5) is 16.2 Å². The number of rotatable bonds is 5. The van der Waals surface area contributed by atoms with Crippen molar-refractivity contribution in [1.29, 1.82) is 0 Å². The van der Waals surface area contributed by atoms with Crippen molar-refractivity contribution in [1.82, 2.24) is 5.32 Å². The van der Waals surface area contributed by atoms with Crippen molar-refractivity contribution in [2.75, 3.05) is 11.9 Å². The predicted octanol–water partition coefficient (Wildman–Crippen LogP) is 3.93. The van der Waals surface area contributed by atoms with Gasteiger partial charge in [-0.1, -0.05) is 25.1 Å². The van der Waals surface area contributed by atoms with Gasteiger partial charge in [-0.3, -0.25) is 0 Å². The van der Waals surface area contributed by atoms with E-state index < -0.39 is 6.09 Å². The van der Waals surface area contributed by atoms with Gasteiger partial charge in [-0.15, -0.1) is 0 Å². The highest BCUT2D eigenvalue weighted by Crippen LogP contribution is 2.19. The standard InChI is InChI=1S/C16H18N2O2/c1-2-12-17-16(19)20-15-10-8-14(9-11-15)18-13-6-4-3-5-7-13/h3-11,18H,2,12H2,1H3,(H,17,19). The molecule has 0 unspecified atom stereocenters. The summed E-state index contributed by atoms with van der Waals surface area (Å²) in [4.78, 5) is 11.4. The second kappa shape index (κ2) is 7.19. The van der Waals surface area contributed by atoms with Crippen molar-refractivity contribution in [3.63, 3.8) is 0 Å². The number of amides is 1. The van der Waals surface area contributed by atoms with Gasteiger partial charge in [0.2, 0.25) is 0 Å². The maximum absolute atomic E-state index is 11.4. The third-order valence-corrected chi connectivity index (χ3v) is 2.65. The molecule has 2 N–H and O–H groups in total. The monoisotopic (exact) mass is 270 g/mol. The van der Waals surface area contributed by atoms with Crippen molar-refractivity contribution >= 4 is 17.5 Å². The molecule has 4 heteroatoms. The van der Waals surface area contributed by atoms with Crippen molar-refractivity contribution in [3.05, 3.63) is 54.6 Å². The van der Waals surface area contributed by atoms with Crippen LogP contribution in [0, 0.1) is 0 Å². The van der Waals surface area contributed by atoms with Crippen LogP contribution in [0.2, 0.25) is 0 Å². The lowest BCUT2D eigenvalue weighted by atomic mass is 10.2. The number of carbonyl (C=O) groups is 1. The lowest BCUT2D eigenvalue weighted by molar-refractivity contribution is 0.200. The summed E-state index contributed by atoms with van der Waals surface area (Å²) >= 11 is 0. The maximum Gasteiger partial charge on any atom is 0.412 e. The second-order valence-corrected chi connectivity index (χ2v) is 4.33. The van der Waals surface area contributed by atoms with Crippen LogP contribution >= 0.6 is 0 Å². The summed E-state index contributed by atoms with van der Waals surface area (Å²) in [6.45, 7) is 2.61. The molecule has 0 fully saturated rings. The topological polar surface area (TPSA) is 50.4 Å². The molecule has 2 aromatic rings. The van der Waals surface area contributed by atoms with Gasteiger partial charge in [-0.2, -0.15) is 0 Å². The number of carbonyl (C=O) groups excluding carboxylic acids is 1. The lowest BCUT2D eigenvalue weighted by Gasteiger charge is -2.08. The van der Waals surface area contributed by atoms with Gasteiger partial charge in [-0.25, -0.2) is 4.79 Å². The summed E-state index contributed by atoms with van der Waals surface area (Å²) < 4.78 is 5.14. The Kier molecular flexibility index (Phi) is 5.00. The van der Waals surface area contributed by atoms with E-state index in [4.69, 9.17) is 4.74 Å². The third-order valence-electron chi connectivity index (χ3n) is 2.65. The number of ether oxygens (including phenoxy) is 1. The average molecular weight is 270 g/mol. The Bertz CT molecular complexity index is 538. The summed E-state index contributed by atoms with van der Waals surface area (Å²) in [5.74, 6) is 0.525. The summed E-state index contributed by atoms with van der Waals surface area (Å²) in [6, 6.07) is 17.1. The molecule has 0 radical (unpaired) electrons. The highest BCUT2D eigenvalue weighted by molar-refractivity contribution is 5.70. The first kappa shape index (κ1) is 13.9. The Hall–Kier alpha value is -2.49. The zero-order valence-corrected chi connectivity index (χ0v) is 11.4. The molecule has 0 aromatic heterocycles. The van der Waals surface area contributed by atoms with Crippen LogP contribution in [-0.4, -0.2) is 12.6 Å². The Morgan fingerprint density at radius 2 is 1.65 bits per heavy atom. The molecule has 0 bridgehead atoms. The molecule has 1 amide bonds. The molecule has 0 saturated carbocycles. The molecule has 0 atom stereocenters. The van der Waals surface area contributed by atoms with E-state index in [-0.39, 0.29) is 0 Å². The van der Waals surface area contributed by atoms with Gasteiger partial charge in [0.05, 0.1) is 0 Å². The van der Waals surface area contributed by atoms with Crippen molar-refractivity contribution < 1.29 is 9.53 Å². The third kappa shape index (κ3) is 4.31. The highest BCUT2D eigenvalue weighted by atomic mass is 16.5. The molecule has 4 nitrogen and oxygen atoms in total. The Balaban J connectivity index is 1.91. The SMILES string of the molecule is CCCNC(=O)Oc1ccc(Nc2ccccc2)cc1. The van der Waals surface area contributed by atoms with E-state index in [1.807, 2.05) is 49.4 Å². The van der Waals surface area contributed by atoms with Crippen molar-refractivity contribution in [2.24, 2.45) is 0 Å². The fourth-order valence-electron chi connectivity index (χ4n) is 1.66. The molecule has 0 aliphatic rings. The van der Waals surface area contributed by atoms with Gasteiger partial charge in [0.25, 0.3) is 0 Å². The molecule has 0 saturated heterocycles. The second-order valence-electron chi connectivity index (χ2n) is 4.33. The van der Waals surface area contributed by atoms with E-state index in [0.29, 0.717) is 12.3 Å². The highest BCUT2D eigenvalue weighted by Gasteiger charge is 2.02. The number of anilines is 2. The minimum atomic E-state index is -0.421. The van der Waals surface area contributed by atoms with Crippen LogP contribution in [0.15, 0.2) is 54.6 Å². The lowest BCUT2D eigenvalue weighted by Crippen LogP contribution is -2.27. The van der Waals surface area contributed by atoms with Gasteiger partial charge in [0.1, 0.15) is 5.75 Å². The largest absolute Gasteiger partial charge is 0.412 e. The van der Waals surface area contributed by atoms with Crippen molar-refractivity contribution in [2.45, 2.75) is 13.3 Å². The van der Waals surface area contributed by atoms with Gasteiger partial charge in [0, 0.05) is 17.9 Å². The van der Waals surface area contributed by atoms with E-state index in [0.717, 1.165) is 17.8 Å². The Morgan fingerprint density at radius 1 is 1.00 bits per heavy atom. The minimum absolute atomic E-state index is 0.421. The molecule has 20 heavy (non-hydrogen) atoms. The van der Waals surface area contributed by atoms with E-state index >= 15 is 0 Å². The van der Waals surface area contributed by atoms with Crippen molar-refractivity contribution in [3.8, 4) is 5.75 Å². The quantitative estimate of drug-likeness (QED) is 0.865. The summed E-state index contributed by atoms with van der Waals surface area (Å²) in [6.07, 6.45) is 0.463. The predicted molar refractivity (Wildman–Crippen MR) is 80.5 cm³/mol. The molecule has 0 aliphatic carbocycles. The number of hydrogen-bond donors (Lipinski definition) is 2. The molecule has 0 heterocycles. The zero-order valence-electron chi connectivity index (χ0n) is 11.4. The minimum Gasteiger partial charge on any atom is -0.410 e. The Morgan fingerprint density at radius 3 is 2.30 bits per heavy atom.